The summed E-state index contributed by atoms with van der Waals surface area (Å²) in [5, 5.41) is 31.8. The zero-order chi connectivity index (χ0) is 19.7. The highest BCUT2D eigenvalue weighted by atomic mass is 16.3. The summed E-state index contributed by atoms with van der Waals surface area (Å²) in [5.41, 5.74) is 4.08. The third kappa shape index (κ3) is 3.19. The van der Waals surface area contributed by atoms with Crippen LogP contribution in [0.4, 0.5) is 0 Å². The lowest BCUT2D eigenvalue weighted by molar-refractivity contribution is 0.146. The van der Waals surface area contributed by atoms with Gasteiger partial charge in [-0.25, -0.2) is 9.50 Å². The topological polar surface area (TPSA) is 106 Å². The van der Waals surface area contributed by atoms with Gasteiger partial charge in [-0.1, -0.05) is 6.92 Å². The molecule has 0 fully saturated rings. The number of fused-ring (bicyclic) bond motifs is 1. The van der Waals surface area contributed by atoms with Crippen LogP contribution in [0.15, 0.2) is 43.2 Å². The van der Waals surface area contributed by atoms with Gasteiger partial charge in [0.1, 0.15) is 0 Å². The van der Waals surface area contributed by atoms with E-state index in [1.54, 1.807) is 27.8 Å². The van der Waals surface area contributed by atoms with Gasteiger partial charge in [-0.3, -0.25) is 9.36 Å². The van der Waals surface area contributed by atoms with Crippen LogP contribution in [0.2, 0.25) is 0 Å². The van der Waals surface area contributed by atoms with Gasteiger partial charge in [0.25, 0.3) is 0 Å². The lowest BCUT2D eigenvalue weighted by Gasteiger charge is -2.10. The first kappa shape index (κ1) is 18.3. The lowest BCUT2D eigenvalue weighted by Crippen LogP contribution is -2.17. The number of nitrogens with zero attached hydrogens (tertiary/aromatic N) is 7. The maximum absolute atomic E-state index is 9.37. The van der Waals surface area contributed by atoms with Crippen LogP contribution in [-0.2, 0) is 0 Å². The number of rotatable bonds is 7. The normalized spacial score (nSPS) is 12.9. The SMILES string of the molecule is CCC(C)n1cc(-c2nc(-c3cnn(C(CO)CO)c3)cn3nccc23)cn1. The lowest BCUT2D eigenvalue weighted by atomic mass is 10.2. The molecule has 4 aromatic heterocycles. The van der Waals surface area contributed by atoms with Crippen LogP contribution in [0, 0.1) is 0 Å². The second-order valence-corrected chi connectivity index (χ2v) is 6.83. The van der Waals surface area contributed by atoms with Gasteiger partial charge >= 0.3 is 0 Å². The Morgan fingerprint density at radius 1 is 0.964 bits per heavy atom. The van der Waals surface area contributed by atoms with Crippen molar-refractivity contribution in [1.29, 1.82) is 0 Å². The van der Waals surface area contributed by atoms with Gasteiger partial charge in [-0.05, 0) is 19.4 Å². The van der Waals surface area contributed by atoms with Crippen molar-refractivity contribution in [2.45, 2.75) is 32.4 Å². The molecule has 0 spiro atoms. The van der Waals surface area contributed by atoms with Crippen molar-refractivity contribution < 1.29 is 10.2 Å². The fourth-order valence-corrected chi connectivity index (χ4v) is 3.06. The van der Waals surface area contributed by atoms with E-state index >= 15 is 0 Å². The van der Waals surface area contributed by atoms with Crippen LogP contribution in [0.5, 0.6) is 0 Å². The molecule has 4 rings (SSSR count). The highest BCUT2D eigenvalue weighted by Crippen LogP contribution is 2.27. The second kappa shape index (κ2) is 7.53. The Hall–Kier alpha value is -3.04. The molecule has 9 nitrogen and oxygen atoms in total. The Morgan fingerprint density at radius 2 is 1.68 bits per heavy atom. The zero-order valence-corrected chi connectivity index (χ0v) is 15.8. The number of hydrogen-bond donors (Lipinski definition) is 2. The molecule has 9 heteroatoms. The fraction of sp³-hybridized carbons (Fsp3) is 0.368. The summed E-state index contributed by atoms with van der Waals surface area (Å²) in [7, 11) is 0. The Balaban J connectivity index is 1.79. The minimum atomic E-state index is -0.476. The van der Waals surface area contributed by atoms with Crippen molar-refractivity contribution in [3.05, 3.63) is 43.2 Å². The molecule has 4 heterocycles. The number of aromatic nitrogens is 7. The Kier molecular flexibility index (Phi) is 4.93. The van der Waals surface area contributed by atoms with Gasteiger partial charge in [-0.15, -0.1) is 0 Å². The van der Waals surface area contributed by atoms with Crippen LogP contribution in [0.1, 0.15) is 32.4 Å². The van der Waals surface area contributed by atoms with E-state index in [9.17, 15) is 10.2 Å². The van der Waals surface area contributed by atoms with Crippen LogP contribution >= 0.6 is 0 Å². The Labute approximate surface area is 161 Å². The van der Waals surface area contributed by atoms with E-state index in [1.807, 2.05) is 29.3 Å². The van der Waals surface area contributed by atoms with Gasteiger partial charge in [0.2, 0.25) is 0 Å². The smallest absolute Gasteiger partial charge is 0.0999 e. The molecule has 0 aliphatic heterocycles. The summed E-state index contributed by atoms with van der Waals surface area (Å²) in [6, 6.07) is 1.75. The average molecular weight is 381 g/mol. The Morgan fingerprint density at radius 3 is 2.43 bits per heavy atom. The van der Waals surface area contributed by atoms with Gasteiger partial charge in [0.05, 0.1) is 60.9 Å². The molecule has 146 valence electrons. The van der Waals surface area contributed by atoms with Crippen molar-refractivity contribution in [1.82, 2.24) is 34.2 Å². The fourth-order valence-electron chi connectivity index (χ4n) is 3.06. The number of aliphatic hydroxyl groups excluding tert-OH is 2. The van der Waals surface area contributed by atoms with Gasteiger partial charge in [0, 0.05) is 29.6 Å². The third-order valence-corrected chi connectivity index (χ3v) is 5.00. The molecule has 0 aliphatic rings. The first-order valence-corrected chi connectivity index (χ1v) is 9.29. The maximum atomic E-state index is 9.37. The van der Waals surface area contributed by atoms with E-state index in [0.29, 0.717) is 11.7 Å². The predicted octanol–water partition coefficient (Wildman–Crippen LogP) is 1.95. The van der Waals surface area contributed by atoms with E-state index in [2.05, 4.69) is 29.1 Å². The molecule has 0 amide bonds. The molecule has 0 aromatic carbocycles. The molecule has 28 heavy (non-hydrogen) atoms. The van der Waals surface area contributed by atoms with Crippen molar-refractivity contribution >= 4 is 5.52 Å². The minimum absolute atomic E-state index is 0.191. The van der Waals surface area contributed by atoms with Crippen LogP contribution < -0.4 is 0 Å². The summed E-state index contributed by atoms with van der Waals surface area (Å²) in [6.45, 7) is 3.87. The molecule has 0 aliphatic carbocycles. The van der Waals surface area contributed by atoms with E-state index < -0.39 is 6.04 Å². The maximum Gasteiger partial charge on any atom is 0.0999 e. The second-order valence-electron chi connectivity index (χ2n) is 6.83. The molecular weight excluding hydrogens is 358 g/mol. The van der Waals surface area contributed by atoms with E-state index in [1.165, 1.54) is 0 Å². The number of hydrogen-bond acceptors (Lipinski definition) is 6. The monoisotopic (exact) mass is 381 g/mol. The average Bonchev–Trinajstić information content (AvgIpc) is 3.47. The highest BCUT2D eigenvalue weighted by molar-refractivity contribution is 5.78. The van der Waals surface area contributed by atoms with E-state index in [-0.39, 0.29) is 13.2 Å². The van der Waals surface area contributed by atoms with E-state index in [0.717, 1.165) is 28.8 Å². The zero-order valence-electron chi connectivity index (χ0n) is 15.8. The van der Waals surface area contributed by atoms with E-state index in [4.69, 9.17) is 4.98 Å². The number of aliphatic hydroxyl groups is 2. The first-order chi connectivity index (χ1) is 13.6. The summed E-state index contributed by atoms with van der Waals surface area (Å²) < 4.78 is 5.28. The van der Waals surface area contributed by atoms with Gasteiger partial charge < -0.3 is 10.2 Å². The highest BCUT2D eigenvalue weighted by Gasteiger charge is 2.16. The molecule has 4 aromatic rings. The largest absolute Gasteiger partial charge is 0.394 e. The first-order valence-electron chi connectivity index (χ1n) is 9.29. The van der Waals surface area contributed by atoms with Crippen molar-refractivity contribution in [3.63, 3.8) is 0 Å². The summed E-state index contributed by atoms with van der Waals surface area (Å²) in [6.07, 6.45) is 11.8. The van der Waals surface area contributed by atoms with Gasteiger partial charge in [0.15, 0.2) is 0 Å². The third-order valence-electron chi connectivity index (χ3n) is 5.00. The summed E-state index contributed by atoms with van der Waals surface area (Å²) in [5.74, 6) is 0. The molecule has 0 bridgehead atoms. The van der Waals surface area contributed by atoms with Crippen LogP contribution in [-0.4, -0.2) is 57.6 Å². The van der Waals surface area contributed by atoms with Crippen LogP contribution in [0.25, 0.3) is 28.0 Å². The molecule has 1 unspecified atom stereocenters. The van der Waals surface area contributed by atoms with Crippen molar-refractivity contribution in [3.8, 4) is 22.5 Å². The summed E-state index contributed by atoms with van der Waals surface area (Å²) >= 11 is 0. The standard InChI is InChI=1S/C19H23N7O2/c1-3-13(2)24-9-15(7-21-24)19-18-4-5-20-26(18)10-17(23-19)14-6-22-25(8-14)16(11-27)12-28/h4-10,13,16,27-28H,3,11-12H2,1-2H3. The van der Waals surface area contributed by atoms with Gasteiger partial charge in [-0.2, -0.15) is 15.3 Å². The molecule has 0 saturated heterocycles. The molecule has 1 atom stereocenters. The molecular formula is C19H23N7O2. The summed E-state index contributed by atoms with van der Waals surface area (Å²) in [4.78, 5) is 4.84. The van der Waals surface area contributed by atoms with Crippen molar-refractivity contribution in [2.75, 3.05) is 13.2 Å². The predicted molar refractivity (Wildman–Crippen MR) is 104 cm³/mol. The Bertz CT molecular complexity index is 1080. The minimum Gasteiger partial charge on any atom is -0.394 e. The quantitative estimate of drug-likeness (QED) is 0.507. The molecule has 0 radical (unpaired) electrons. The van der Waals surface area contributed by atoms with Crippen molar-refractivity contribution in [2.24, 2.45) is 0 Å². The van der Waals surface area contributed by atoms with Crippen LogP contribution in [0.3, 0.4) is 0 Å². The molecule has 2 N–H and O–H groups in total. The molecule has 0 saturated carbocycles.